The zero-order valence-corrected chi connectivity index (χ0v) is 19.2. The SMILES string of the molecule is O=C(Cc1ccc(NCCC2CC2C2CCN(c3ncc(Cl)cn3)CC2)cc1)NC1CC1. The summed E-state index contributed by atoms with van der Waals surface area (Å²) in [6, 6.07) is 8.75. The minimum Gasteiger partial charge on any atom is -0.385 e. The third kappa shape index (κ3) is 5.71. The van der Waals surface area contributed by atoms with Crippen LogP contribution in [-0.4, -0.2) is 41.6 Å². The van der Waals surface area contributed by atoms with Gasteiger partial charge in [0.15, 0.2) is 0 Å². The molecular formula is C25H32ClN5O. The second kappa shape index (κ2) is 9.65. The topological polar surface area (TPSA) is 70.2 Å². The molecule has 6 nitrogen and oxygen atoms in total. The number of benzene rings is 1. The number of aromatic nitrogens is 2. The van der Waals surface area contributed by atoms with E-state index in [-0.39, 0.29) is 5.91 Å². The van der Waals surface area contributed by atoms with Crippen molar-refractivity contribution in [2.45, 2.75) is 51.0 Å². The molecule has 1 aliphatic heterocycles. The summed E-state index contributed by atoms with van der Waals surface area (Å²) in [5, 5.41) is 7.19. The van der Waals surface area contributed by atoms with Crippen molar-refractivity contribution >= 4 is 29.1 Å². The van der Waals surface area contributed by atoms with Crippen molar-refractivity contribution < 1.29 is 4.79 Å². The van der Waals surface area contributed by atoms with Crippen LogP contribution in [0.1, 0.15) is 44.1 Å². The van der Waals surface area contributed by atoms with Crippen LogP contribution in [0, 0.1) is 17.8 Å². The van der Waals surface area contributed by atoms with E-state index in [4.69, 9.17) is 11.6 Å². The molecule has 2 N–H and O–H groups in total. The third-order valence-corrected chi connectivity index (χ3v) is 7.31. The highest BCUT2D eigenvalue weighted by molar-refractivity contribution is 6.30. The van der Waals surface area contributed by atoms with Crippen LogP contribution in [0.2, 0.25) is 5.02 Å². The van der Waals surface area contributed by atoms with Gasteiger partial charge in [-0.2, -0.15) is 0 Å². The lowest BCUT2D eigenvalue weighted by atomic mass is 9.90. The molecule has 5 rings (SSSR count). The van der Waals surface area contributed by atoms with Crippen molar-refractivity contribution in [3.05, 3.63) is 47.2 Å². The van der Waals surface area contributed by atoms with Crippen LogP contribution in [-0.2, 0) is 11.2 Å². The number of rotatable bonds is 9. The van der Waals surface area contributed by atoms with Gasteiger partial charge in [0, 0.05) is 31.4 Å². The maximum absolute atomic E-state index is 11.9. The summed E-state index contributed by atoms with van der Waals surface area (Å²) in [5.74, 6) is 3.52. The van der Waals surface area contributed by atoms with E-state index >= 15 is 0 Å². The second-order valence-electron chi connectivity index (χ2n) is 9.62. The molecule has 1 amide bonds. The van der Waals surface area contributed by atoms with E-state index < -0.39 is 0 Å². The quantitative estimate of drug-likeness (QED) is 0.592. The first-order chi connectivity index (χ1) is 15.6. The minimum absolute atomic E-state index is 0.138. The van der Waals surface area contributed by atoms with E-state index in [1.54, 1.807) is 12.4 Å². The predicted octanol–water partition coefficient (Wildman–Crippen LogP) is 4.31. The van der Waals surface area contributed by atoms with Crippen molar-refractivity contribution in [1.82, 2.24) is 15.3 Å². The lowest BCUT2D eigenvalue weighted by molar-refractivity contribution is -0.120. The highest BCUT2D eigenvalue weighted by atomic mass is 35.5. The monoisotopic (exact) mass is 453 g/mol. The standard InChI is InChI=1S/C25H32ClN5O/c26-20-15-28-25(29-16-20)31-11-8-18(9-12-31)23-14-19(23)7-10-27-21-3-1-17(2-4-21)13-24(32)30-22-5-6-22/h1-4,15-16,18-19,22-23,27H,5-14H2,(H,30,32). The van der Waals surface area contributed by atoms with Gasteiger partial charge in [-0.25, -0.2) is 9.97 Å². The Morgan fingerprint density at radius 2 is 1.78 bits per heavy atom. The van der Waals surface area contributed by atoms with Crippen LogP contribution in [0.3, 0.4) is 0 Å². The van der Waals surface area contributed by atoms with E-state index in [9.17, 15) is 4.79 Å². The van der Waals surface area contributed by atoms with E-state index in [1.807, 2.05) is 0 Å². The molecule has 32 heavy (non-hydrogen) atoms. The van der Waals surface area contributed by atoms with Gasteiger partial charge in [-0.3, -0.25) is 4.79 Å². The maximum Gasteiger partial charge on any atom is 0.225 e. The fourth-order valence-corrected chi connectivity index (χ4v) is 5.11. The lowest BCUT2D eigenvalue weighted by Gasteiger charge is -2.32. The van der Waals surface area contributed by atoms with E-state index in [2.05, 4.69) is 49.8 Å². The molecule has 0 spiro atoms. The van der Waals surface area contributed by atoms with Crippen molar-refractivity contribution in [2.24, 2.45) is 17.8 Å². The predicted molar refractivity (Wildman–Crippen MR) is 128 cm³/mol. The Hall–Kier alpha value is -2.34. The summed E-state index contributed by atoms with van der Waals surface area (Å²) < 4.78 is 0. The smallest absolute Gasteiger partial charge is 0.225 e. The van der Waals surface area contributed by atoms with Gasteiger partial charge in [0.05, 0.1) is 23.8 Å². The Morgan fingerprint density at radius 1 is 1.06 bits per heavy atom. The molecule has 170 valence electrons. The summed E-state index contributed by atoms with van der Waals surface area (Å²) in [7, 11) is 0. The molecule has 2 atom stereocenters. The number of hydrogen-bond acceptors (Lipinski definition) is 5. The summed E-state index contributed by atoms with van der Waals surface area (Å²) in [6.45, 7) is 3.09. The zero-order chi connectivity index (χ0) is 21.9. The first kappa shape index (κ1) is 21.5. The van der Waals surface area contributed by atoms with Crippen molar-refractivity contribution in [3.63, 3.8) is 0 Å². The van der Waals surface area contributed by atoms with E-state index in [0.717, 1.165) is 67.4 Å². The van der Waals surface area contributed by atoms with Gasteiger partial charge in [0.2, 0.25) is 11.9 Å². The molecule has 1 saturated heterocycles. The van der Waals surface area contributed by atoms with Crippen LogP contribution in [0.5, 0.6) is 0 Å². The summed E-state index contributed by atoms with van der Waals surface area (Å²) >= 11 is 5.90. The number of amides is 1. The number of carbonyl (C=O) groups is 1. The van der Waals surface area contributed by atoms with Crippen molar-refractivity contribution in [2.75, 3.05) is 29.9 Å². The number of nitrogens with one attached hydrogen (secondary N) is 2. The van der Waals surface area contributed by atoms with E-state index in [1.165, 1.54) is 25.7 Å². The first-order valence-electron chi connectivity index (χ1n) is 12.0. The fraction of sp³-hybridized carbons (Fsp3) is 0.560. The van der Waals surface area contributed by atoms with Crippen LogP contribution >= 0.6 is 11.6 Å². The lowest BCUT2D eigenvalue weighted by Crippen LogP contribution is -2.35. The third-order valence-electron chi connectivity index (χ3n) is 7.12. The Labute approximate surface area is 195 Å². The van der Waals surface area contributed by atoms with Crippen LogP contribution in [0.15, 0.2) is 36.7 Å². The van der Waals surface area contributed by atoms with Gasteiger partial charge in [-0.05, 0) is 74.0 Å². The van der Waals surface area contributed by atoms with Crippen LogP contribution < -0.4 is 15.5 Å². The van der Waals surface area contributed by atoms with Gasteiger partial charge in [0.1, 0.15) is 0 Å². The number of hydrogen-bond donors (Lipinski definition) is 2. The zero-order valence-electron chi connectivity index (χ0n) is 18.5. The number of piperidine rings is 1. The van der Waals surface area contributed by atoms with Gasteiger partial charge in [-0.15, -0.1) is 0 Å². The van der Waals surface area contributed by atoms with Gasteiger partial charge < -0.3 is 15.5 Å². The normalized spacial score (nSPS) is 23.1. The molecule has 3 fully saturated rings. The molecule has 7 heteroatoms. The molecule has 2 unspecified atom stereocenters. The van der Waals surface area contributed by atoms with Gasteiger partial charge in [0.25, 0.3) is 0 Å². The van der Waals surface area contributed by atoms with Crippen molar-refractivity contribution in [3.8, 4) is 0 Å². The largest absolute Gasteiger partial charge is 0.385 e. The molecule has 2 heterocycles. The molecule has 0 radical (unpaired) electrons. The summed E-state index contributed by atoms with van der Waals surface area (Å²) in [6.07, 6.45) is 11.2. The summed E-state index contributed by atoms with van der Waals surface area (Å²) in [4.78, 5) is 22.9. The number of nitrogens with zero attached hydrogens (tertiary/aromatic N) is 3. The Morgan fingerprint density at radius 3 is 2.47 bits per heavy atom. The Balaban J connectivity index is 0.990. The molecule has 2 aromatic rings. The van der Waals surface area contributed by atoms with Crippen LogP contribution in [0.25, 0.3) is 0 Å². The van der Waals surface area contributed by atoms with E-state index in [0.29, 0.717) is 17.5 Å². The highest BCUT2D eigenvalue weighted by Gasteiger charge is 2.43. The average Bonchev–Trinajstić information content (AvgIpc) is 3.73. The summed E-state index contributed by atoms with van der Waals surface area (Å²) in [5.41, 5.74) is 2.22. The fourth-order valence-electron chi connectivity index (χ4n) is 5.01. The van der Waals surface area contributed by atoms with Gasteiger partial charge >= 0.3 is 0 Å². The highest BCUT2D eigenvalue weighted by Crippen LogP contribution is 2.49. The molecule has 1 aromatic heterocycles. The molecule has 3 aliphatic rings. The minimum atomic E-state index is 0.138. The molecule has 2 aliphatic carbocycles. The molecular weight excluding hydrogens is 422 g/mol. The maximum atomic E-state index is 11.9. The number of anilines is 2. The van der Waals surface area contributed by atoms with Crippen LogP contribution in [0.4, 0.5) is 11.6 Å². The first-order valence-corrected chi connectivity index (χ1v) is 12.4. The second-order valence-corrected chi connectivity index (χ2v) is 10.1. The molecule has 2 saturated carbocycles. The number of halogens is 1. The van der Waals surface area contributed by atoms with Crippen molar-refractivity contribution in [1.29, 1.82) is 0 Å². The number of carbonyl (C=O) groups excluding carboxylic acids is 1. The Kier molecular flexibility index (Phi) is 6.49. The molecule has 1 aromatic carbocycles. The average molecular weight is 454 g/mol. The van der Waals surface area contributed by atoms with Gasteiger partial charge in [-0.1, -0.05) is 23.7 Å². The molecule has 0 bridgehead atoms. The Bertz CT molecular complexity index is 907.